The molecule has 478 valence electrons. The molecule has 0 saturated heterocycles. The van der Waals surface area contributed by atoms with Crippen LogP contribution < -0.4 is 22.1 Å². The number of aliphatic hydroxyl groups is 2. The molecule has 0 aliphatic heterocycles. The first-order chi connectivity index (χ1) is 42.8. The lowest BCUT2D eigenvalue weighted by molar-refractivity contribution is -0.149. The van der Waals surface area contributed by atoms with E-state index >= 15 is 0 Å². The lowest BCUT2D eigenvalue weighted by atomic mass is 9.98. The van der Waals surface area contributed by atoms with Crippen LogP contribution in [-0.2, 0) is 67.3 Å². The van der Waals surface area contributed by atoms with Gasteiger partial charge in [-0.15, -0.1) is 10.2 Å². The number of aromatic nitrogens is 2. The van der Waals surface area contributed by atoms with Crippen molar-refractivity contribution in [2.45, 2.75) is 105 Å². The van der Waals surface area contributed by atoms with Gasteiger partial charge < -0.3 is 19.7 Å². The van der Waals surface area contributed by atoms with E-state index in [4.69, 9.17) is 24.7 Å². The van der Waals surface area contributed by atoms with Crippen LogP contribution in [0, 0.1) is 6.92 Å². The van der Waals surface area contributed by atoms with E-state index in [9.17, 15) is 72.2 Å². The molecule has 0 unspecified atom stereocenters. The maximum absolute atomic E-state index is 12.9. The normalized spacial score (nSPS) is 14.9. The summed E-state index contributed by atoms with van der Waals surface area (Å²) >= 11 is 0. The third-order valence-corrected chi connectivity index (χ3v) is 16.0. The summed E-state index contributed by atoms with van der Waals surface area (Å²) in [6.07, 6.45) is -9.86. The molecule has 1 aromatic heterocycles. The van der Waals surface area contributed by atoms with E-state index in [2.05, 4.69) is 21.0 Å². The van der Waals surface area contributed by atoms with Crippen molar-refractivity contribution in [2.24, 2.45) is 5.84 Å². The summed E-state index contributed by atoms with van der Waals surface area (Å²) in [6, 6.07) is 41.4. The van der Waals surface area contributed by atoms with Crippen LogP contribution in [0.5, 0.6) is 0 Å². The highest BCUT2D eigenvalue weighted by molar-refractivity contribution is 7.86. The number of halogens is 9. The molecule has 27 heteroatoms. The lowest BCUT2D eigenvalue weighted by Gasteiger charge is -2.13. The van der Waals surface area contributed by atoms with Crippen molar-refractivity contribution < 1.29 is 91.0 Å². The van der Waals surface area contributed by atoms with Gasteiger partial charge in [0.15, 0.2) is 11.2 Å². The van der Waals surface area contributed by atoms with Crippen LogP contribution in [0.15, 0.2) is 179 Å². The number of alkyl halides is 9. The van der Waals surface area contributed by atoms with E-state index in [1.54, 1.807) is 78.9 Å². The standard InChI is InChI=1S/C26H21F3N2O4S.C19H17F3N2O3.C15H13F3N2O.C4H6O3/c1-17-6-12-21(13-7-17)36(32,33)35-25(14-15-25)24-31-30-23(34-24)22-5-3-2-4-19(22)16-18-8-10-20(11-9-18)26(27,28)29;20-19(21,22)14-7-5-12(6-8-14)11-13-3-1-2-4-15(13)16(25)23-24-17(26)18(27)9-10-18;16-15(17,18)12-7-5-10(6-8-12)9-11-3-1-2-4-13(11)14(21)20-19;5-3(6)4(7)1-2-4/h2-13H,14-16H2,1H3;1-8,27H,9-11H2,(H,23,25)(H,24,26);1-8H,9,19H2,(H,20,21);7H,1-2H2,(H,5,6). The summed E-state index contributed by atoms with van der Waals surface area (Å²) in [4.78, 5) is 45.5. The van der Waals surface area contributed by atoms with Crippen molar-refractivity contribution in [2.75, 3.05) is 0 Å². The fourth-order valence-corrected chi connectivity index (χ4v) is 9.97. The van der Waals surface area contributed by atoms with Crippen LogP contribution >= 0.6 is 0 Å². The molecule has 11 rings (SSSR count). The minimum atomic E-state index is -4.40. The Bertz CT molecular complexity index is 4000. The number of carboxylic acids is 1. The number of carbonyl (C=O) groups excluding carboxylic acids is 3. The number of carboxylic acid groups (broad SMARTS) is 1. The Kier molecular flexibility index (Phi) is 20.4. The molecule has 0 radical (unpaired) electrons. The SMILES string of the molecule is Cc1ccc(S(=O)(=O)OC2(c3nnc(-c4ccccc4Cc4ccc(C(F)(F)F)cc4)o3)CC2)cc1.NNC(=O)c1ccccc1Cc1ccc(C(F)(F)F)cc1.O=C(NNC(=O)C1(O)CC1)c1ccccc1Cc1ccc(C(F)(F)F)cc1.O=C(O)C1(O)CC1. The van der Waals surface area contributed by atoms with Gasteiger partial charge in [-0.25, -0.2) is 14.8 Å². The molecule has 17 nitrogen and oxygen atoms in total. The Morgan fingerprint density at radius 2 is 0.945 bits per heavy atom. The number of aryl methyl sites for hydroxylation is 1. The molecule has 8 aromatic rings. The highest BCUT2D eigenvalue weighted by atomic mass is 32.2. The highest BCUT2D eigenvalue weighted by Crippen LogP contribution is 2.51. The van der Waals surface area contributed by atoms with Gasteiger partial charge in [0.05, 0.1) is 21.6 Å². The second-order valence-electron chi connectivity index (χ2n) is 21.6. The minimum Gasteiger partial charge on any atom is -0.479 e. The zero-order chi connectivity index (χ0) is 66.2. The summed E-state index contributed by atoms with van der Waals surface area (Å²) < 4.78 is 151. The molecule has 0 atom stereocenters. The number of nitrogens with two attached hydrogens (primary N) is 1. The van der Waals surface area contributed by atoms with Crippen molar-refractivity contribution in [3.8, 4) is 11.5 Å². The first kappa shape index (κ1) is 67.6. The van der Waals surface area contributed by atoms with E-state index in [-0.39, 0.29) is 28.7 Å². The summed E-state index contributed by atoms with van der Waals surface area (Å²) in [6.45, 7) is 1.86. The van der Waals surface area contributed by atoms with Gasteiger partial charge in [-0.3, -0.25) is 30.7 Å². The average molecular weight is 1290 g/mol. The van der Waals surface area contributed by atoms with E-state index in [0.717, 1.165) is 47.5 Å². The van der Waals surface area contributed by atoms with Crippen molar-refractivity contribution in [1.29, 1.82) is 0 Å². The maximum Gasteiger partial charge on any atom is 0.416 e. The number of hydrogen-bond acceptors (Lipinski definition) is 13. The van der Waals surface area contributed by atoms with Gasteiger partial charge >= 0.3 is 24.5 Å². The second kappa shape index (κ2) is 27.4. The first-order valence-corrected chi connectivity index (χ1v) is 29.1. The Hall–Kier alpha value is -9.28. The van der Waals surface area contributed by atoms with Crippen LogP contribution in [0.25, 0.3) is 11.5 Å². The number of hydrazine groups is 2. The smallest absolute Gasteiger partial charge is 0.416 e. The zero-order valence-electron chi connectivity index (χ0n) is 47.9. The van der Waals surface area contributed by atoms with Crippen molar-refractivity contribution in [3.63, 3.8) is 0 Å². The first-order valence-electron chi connectivity index (χ1n) is 27.7. The van der Waals surface area contributed by atoms with Gasteiger partial charge in [0.1, 0.15) is 5.60 Å². The summed E-state index contributed by atoms with van der Waals surface area (Å²) in [5, 5.41) is 34.5. The van der Waals surface area contributed by atoms with Gasteiger partial charge in [-0.05, 0) is 165 Å². The molecule has 8 N–H and O–H groups in total. The van der Waals surface area contributed by atoms with E-state index < -0.39 is 85.8 Å². The molecule has 3 saturated carbocycles. The van der Waals surface area contributed by atoms with Crippen molar-refractivity contribution in [3.05, 3.63) is 243 Å². The molecule has 91 heavy (non-hydrogen) atoms. The van der Waals surface area contributed by atoms with Gasteiger partial charge in [0.2, 0.25) is 11.8 Å². The summed E-state index contributed by atoms with van der Waals surface area (Å²) in [7, 11) is -4.05. The van der Waals surface area contributed by atoms with Crippen molar-refractivity contribution >= 4 is 33.8 Å². The number of aliphatic carboxylic acids is 1. The van der Waals surface area contributed by atoms with Crippen LogP contribution in [0.2, 0.25) is 0 Å². The van der Waals surface area contributed by atoms with Crippen LogP contribution in [0.1, 0.15) is 121 Å². The largest absolute Gasteiger partial charge is 0.479 e. The molecule has 0 spiro atoms. The number of hydrogen-bond donors (Lipinski definition) is 7. The number of nitrogen functional groups attached to an aromatic ring is 1. The van der Waals surface area contributed by atoms with E-state index in [1.165, 1.54) is 48.5 Å². The van der Waals surface area contributed by atoms with Gasteiger partial charge in [0.25, 0.3) is 27.8 Å². The molecule has 0 bridgehead atoms. The molecule has 1 heterocycles. The molecular weight excluding hydrogens is 1230 g/mol. The minimum absolute atomic E-state index is 0.0426. The average Bonchev–Trinajstić information content (AvgIpc) is 1.61. The van der Waals surface area contributed by atoms with Crippen LogP contribution in [-0.4, -0.2) is 68.8 Å². The molecule has 3 aliphatic carbocycles. The van der Waals surface area contributed by atoms with Crippen molar-refractivity contribution in [1.82, 2.24) is 26.5 Å². The Labute approximate surface area is 514 Å². The summed E-state index contributed by atoms with van der Waals surface area (Å²) in [5.41, 5.74) is 6.63. The third kappa shape index (κ3) is 18.0. The summed E-state index contributed by atoms with van der Waals surface area (Å²) in [5.74, 6) is 2.59. The number of benzene rings is 7. The fourth-order valence-electron chi connectivity index (χ4n) is 8.75. The predicted octanol–water partition coefficient (Wildman–Crippen LogP) is 11.1. The third-order valence-electron chi connectivity index (χ3n) is 14.6. The number of rotatable bonds is 15. The Morgan fingerprint density at radius 3 is 1.34 bits per heavy atom. The quantitative estimate of drug-likeness (QED) is 0.0165. The van der Waals surface area contributed by atoms with Crippen LogP contribution in [0.3, 0.4) is 0 Å². The molecule has 3 amide bonds. The Morgan fingerprint density at radius 1 is 0.538 bits per heavy atom. The number of amides is 3. The zero-order valence-corrected chi connectivity index (χ0v) is 48.7. The van der Waals surface area contributed by atoms with Crippen LogP contribution in [0.4, 0.5) is 39.5 Å². The number of nitrogens with one attached hydrogen (secondary N) is 3. The van der Waals surface area contributed by atoms with Gasteiger partial charge in [0, 0.05) is 16.7 Å². The lowest BCUT2D eigenvalue weighted by Crippen LogP contribution is -2.47. The van der Waals surface area contributed by atoms with Gasteiger partial charge in [-0.1, -0.05) is 109 Å². The highest BCUT2D eigenvalue weighted by Gasteiger charge is 2.55. The monoisotopic (exact) mass is 1290 g/mol. The van der Waals surface area contributed by atoms with Gasteiger partial charge in [-0.2, -0.15) is 47.9 Å². The number of carbonyl (C=O) groups is 4. The maximum atomic E-state index is 12.9. The Balaban J connectivity index is 0.000000172. The molecule has 3 aliphatic rings. The second-order valence-corrected chi connectivity index (χ2v) is 23.1. The number of nitrogens with zero attached hydrogens (tertiary/aromatic N) is 2. The predicted molar refractivity (Wildman–Crippen MR) is 309 cm³/mol. The molecule has 3 fully saturated rings. The van der Waals surface area contributed by atoms with E-state index in [0.29, 0.717) is 90.3 Å². The molecule has 7 aromatic carbocycles. The fraction of sp³-hybridized carbons (Fsp3) is 0.250. The van der Waals surface area contributed by atoms with E-state index in [1.807, 2.05) is 18.4 Å². The topological polar surface area (TPSA) is 273 Å². The molecular formula is C64H57F9N6O11S.